The summed E-state index contributed by atoms with van der Waals surface area (Å²) >= 11 is 6.58. The first-order valence-corrected chi connectivity index (χ1v) is 13.1. The fraction of sp³-hybridized carbons (Fsp3) is 0.536. The van der Waals surface area contributed by atoms with Crippen LogP contribution in [0, 0.1) is 24.7 Å². The summed E-state index contributed by atoms with van der Waals surface area (Å²) in [6, 6.07) is 3.69. The molecule has 0 aliphatic carbocycles. The number of benzene rings is 1. The highest BCUT2D eigenvalue weighted by Crippen LogP contribution is 2.58. The number of hydrogen-bond acceptors (Lipinski definition) is 6. The summed E-state index contributed by atoms with van der Waals surface area (Å²) in [6.45, 7) is 7.62. The molecule has 0 saturated carbocycles. The molecule has 2 fully saturated rings. The maximum atomic E-state index is 14.5. The molecule has 5 rings (SSSR count). The van der Waals surface area contributed by atoms with Crippen LogP contribution in [-0.4, -0.2) is 70.8 Å². The molecule has 4 heterocycles. The topological polar surface area (TPSA) is 96.4 Å². The smallest absolute Gasteiger partial charge is 0.313 e. The summed E-state index contributed by atoms with van der Waals surface area (Å²) < 4.78 is 12.1. The van der Waals surface area contributed by atoms with Gasteiger partial charge in [0.05, 0.1) is 34.9 Å². The van der Waals surface area contributed by atoms with Crippen LogP contribution in [0.25, 0.3) is 0 Å². The molecule has 1 aromatic carbocycles. The Hall–Kier alpha value is -2.68. The number of para-hydroxylation sites is 1. The highest BCUT2D eigenvalue weighted by molar-refractivity contribution is 6.34. The number of aryl methyl sites for hydroxylation is 1. The van der Waals surface area contributed by atoms with Crippen molar-refractivity contribution in [1.29, 1.82) is 0 Å². The third-order valence-electron chi connectivity index (χ3n) is 8.06. The van der Waals surface area contributed by atoms with Gasteiger partial charge in [0.25, 0.3) is 5.91 Å². The summed E-state index contributed by atoms with van der Waals surface area (Å²) in [5, 5.41) is 10.8. The molecule has 1 unspecified atom stereocenters. The Morgan fingerprint density at radius 2 is 1.89 bits per heavy atom. The monoisotopic (exact) mass is 528 g/mol. The zero-order valence-electron chi connectivity index (χ0n) is 21.5. The summed E-state index contributed by atoms with van der Waals surface area (Å²) in [5.41, 5.74) is -1.17. The van der Waals surface area contributed by atoms with Gasteiger partial charge >= 0.3 is 5.97 Å². The third-order valence-corrected chi connectivity index (χ3v) is 8.36. The maximum Gasteiger partial charge on any atom is 0.313 e. The first kappa shape index (κ1) is 25.9. The SMILES string of the molecule is Cc1cccc(Cl)c1N1CC=C[C@]23O[C@@]4(C)C=CCOC(=O)[C@H]4[C@H]2C(=O)N([C@@H](CO)CC(C)C)C3C1=O. The lowest BCUT2D eigenvalue weighted by Crippen LogP contribution is -2.59. The molecule has 198 valence electrons. The van der Waals surface area contributed by atoms with E-state index in [1.807, 2.05) is 39.0 Å². The molecule has 37 heavy (non-hydrogen) atoms. The Balaban J connectivity index is 1.70. The Bertz CT molecular complexity index is 1180. The molecule has 4 aliphatic rings. The number of esters is 1. The number of hydrogen-bond donors (Lipinski definition) is 1. The van der Waals surface area contributed by atoms with Crippen molar-refractivity contribution >= 4 is 35.1 Å². The quantitative estimate of drug-likeness (QED) is 0.466. The van der Waals surface area contributed by atoms with Crippen LogP contribution < -0.4 is 4.90 Å². The molecule has 8 nitrogen and oxygen atoms in total. The van der Waals surface area contributed by atoms with Crippen molar-refractivity contribution in [3.05, 3.63) is 53.1 Å². The molecule has 2 amide bonds. The van der Waals surface area contributed by atoms with Gasteiger partial charge in [-0.25, -0.2) is 0 Å². The van der Waals surface area contributed by atoms with E-state index in [-0.39, 0.29) is 37.5 Å². The Kier molecular flexibility index (Phi) is 6.49. The van der Waals surface area contributed by atoms with Crippen molar-refractivity contribution < 1.29 is 29.0 Å². The van der Waals surface area contributed by atoms with Crippen molar-refractivity contribution in [2.24, 2.45) is 17.8 Å². The van der Waals surface area contributed by atoms with Crippen molar-refractivity contribution in [2.75, 3.05) is 24.7 Å². The summed E-state index contributed by atoms with van der Waals surface area (Å²) in [7, 11) is 0. The standard InChI is InChI=1S/C28H33ClN2O6/c1-16(2)14-18(15-32)31-23-25(34)30(22-17(3)8-5-9-19(22)29)12-6-11-28(23)20(24(31)33)21-26(35)36-13-7-10-27(21,4)37-28/h5-11,16,18,20-21,23,32H,12-15H2,1-4H3/t18-,20+,21-,23?,27+,28+/m1/s1. The van der Waals surface area contributed by atoms with Crippen LogP contribution in [-0.2, 0) is 23.9 Å². The number of halogens is 1. The van der Waals surface area contributed by atoms with Gasteiger partial charge in [-0.2, -0.15) is 0 Å². The van der Waals surface area contributed by atoms with E-state index < -0.39 is 41.1 Å². The summed E-state index contributed by atoms with van der Waals surface area (Å²) in [4.78, 5) is 45.1. The number of aliphatic hydroxyl groups excluding tert-OH is 1. The molecule has 0 bridgehead atoms. The lowest BCUT2D eigenvalue weighted by molar-refractivity contribution is -0.158. The minimum atomic E-state index is -1.41. The number of anilines is 1. The number of carbonyl (C=O) groups is 3. The summed E-state index contributed by atoms with van der Waals surface area (Å²) in [5.74, 6) is -3.05. The third kappa shape index (κ3) is 3.83. The van der Waals surface area contributed by atoms with Crippen molar-refractivity contribution in [2.45, 2.75) is 57.4 Å². The lowest BCUT2D eigenvalue weighted by Gasteiger charge is -2.40. The molecule has 9 heteroatoms. The molecule has 1 N–H and O–H groups in total. The van der Waals surface area contributed by atoms with Gasteiger partial charge in [0.15, 0.2) is 0 Å². The van der Waals surface area contributed by atoms with Crippen molar-refractivity contribution in [3.8, 4) is 0 Å². The lowest BCUT2D eigenvalue weighted by atomic mass is 9.75. The molecule has 4 aliphatic heterocycles. The first-order valence-electron chi connectivity index (χ1n) is 12.8. The molecule has 0 aromatic heterocycles. The van der Waals surface area contributed by atoms with Crippen LogP contribution in [0.15, 0.2) is 42.5 Å². The largest absolute Gasteiger partial charge is 0.461 e. The van der Waals surface area contributed by atoms with E-state index in [0.29, 0.717) is 17.1 Å². The van der Waals surface area contributed by atoms with Crippen molar-refractivity contribution in [3.63, 3.8) is 0 Å². The molecule has 0 radical (unpaired) electrons. The second-order valence-electron chi connectivity index (χ2n) is 11.0. The number of amides is 2. The maximum absolute atomic E-state index is 14.5. The number of carbonyl (C=O) groups excluding carboxylic acids is 3. The van der Waals surface area contributed by atoms with Crippen LogP contribution in [0.1, 0.15) is 32.8 Å². The molecule has 1 spiro atoms. The van der Waals surface area contributed by atoms with Gasteiger partial charge < -0.3 is 24.4 Å². The number of aliphatic hydroxyl groups is 1. The fourth-order valence-corrected chi connectivity index (χ4v) is 7.00. The number of rotatable bonds is 5. The average Bonchev–Trinajstić information content (AvgIpc) is 3.10. The Morgan fingerprint density at radius 1 is 1.14 bits per heavy atom. The minimum Gasteiger partial charge on any atom is -0.461 e. The number of nitrogens with zero attached hydrogens (tertiary/aromatic N) is 2. The Morgan fingerprint density at radius 3 is 2.57 bits per heavy atom. The zero-order valence-corrected chi connectivity index (χ0v) is 22.3. The van der Waals surface area contributed by atoms with Crippen LogP contribution in [0.4, 0.5) is 5.69 Å². The second-order valence-corrected chi connectivity index (χ2v) is 11.4. The van der Waals surface area contributed by atoms with E-state index in [9.17, 15) is 19.5 Å². The zero-order chi connectivity index (χ0) is 26.7. The number of likely N-dealkylation sites (tertiary alicyclic amines) is 1. The van der Waals surface area contributed by atoms with E-state index in [4.69, 9.17) is 21.1 Å². The molecule has 1 aromatic rings. The predicted octanol–water partition coefficient (Wildman–Crippen LogP) is 3.04. The molecular formula is C28H33ClN2O6. The average molecular weight is 529 g/mol. The van der Waals surface area contributed by atoms with Crippen LogP contribution in [0.5, 0.6) is 0 Å². The van der Waals surface area contributed by atoms with Crippen molar-refractivity contribution in [1.82, 2.24) is 4.90 Å². The number of ether oxygens (including phenoxy) is 2. The van der Waals surface area contributed by atoms with Gasteiger partial charge in [-0.05, 0) is 43.9 Å². The first-order chi connectivity index (χ1) is 17.6. The van der Waals surface area contributed by atoms with Crippen LogP contribution >= 0.6 is 11.6 Å². The second kappa shape index (κ2) is 9.26. The van der Waals surface area contributed by atoms with Gasteiger partial charge in [0.1, 0.15) is 24.2 Å². The van der Waals surface area contributed by atoms with E-state index >= 15 is 0 Å². The van der Waals surface area contributed by atoms with E-state index in [2.05, 4.69) is 0 Å². The van der Waals surface area contributed by atoms with Gasteiger partial charge in [-0.1, -0.05) is 55.8 Å². The van der Waals surface area contributed by atoms with Crippen LogP contribution in [0.3, 0.4) is 0 Å². The highest BCUT2D eigenvalue weighted by Gasteiger charge is 2.75. The molecule has 6 atom stereocenters. The predicted molar refractivity (Wildman–Crippen MR) is 138 cm³/mol. The summed E-state index contributed by atoms with van der Waals surface area (Å²) in [6.07, 6.45) is 7.54. The van der Waals surface area contributed by atoms with Gasteiger partial charge in [-0.3, -0.25) is 14.4 Å². The molecular weight excluding hydrogens is 496 g/mol. The van der Waals surface area contributed by atoms with E-state index in [1.54, 1.807) is 36.1 Å². The van der Waals surface area contributed by atoms with E-state index in [0.717, 1.165) is 5.56 Å². The highest BCUT2D eigenvalue weighted by atomic mass is 35.5. The van der Waals surface area contributed by atoms with Gasteiger partial charge in [-0.15, -0.1) is 0 Å². The van der Waals surface area contributed by atoms with Crippen LogP contribution in [0.2, 0.25) is 5.02 Å². The Labute approximate surface area is 221 Å². The van der Waals surface area contributed by atoms with Gasteiger partial charge in [0.2, 0.25) is 5.91 Å². The number of fused-ring (bicyclic) bond motifs is 2. The minimum absolute atomic E-state index is 0.0935. The number of cyclic esters (lactones) is 1. The van der Waals surface area contributed by atoms with Gasteiger partial charge in [0, 0.05) is 6.54 Å². The van der Waals surface area contributed by atoms with E-state index in [1.165, 1.54) is 4.90 Å². The fourth-order valence-electron chi connectivity index (χ4n) is 6.67. The normalized spacial score (nSPS) is 33.7. The molecule has 2 saturated heterocycles.